The van der Waals surface area contributed by atoms with Crippen LogP contribution in [0.25, 0.3) is 0 Å². The van der Waals surface area contributed by atoms with E-state index in [1.54, 1.807) is 6.07 Å². The molecule has 0 aliphatic carbocycles. The average Bonchev–Trinajstić information content (AvgIpc) is 2.73. The highest BCUT2D eigenvalue weighted by Gasteiger charge is 2.23. The molecule has 3 N–H and O–H groups in total. The number of anilines is 1. The Balaban J connectivity index is 2.21. The molecular weight excluding hydrogens is 308 g/mol. The number of halogens is 1. The lowest BCUT2D eigenvalue weighted by Gasteiger charge is -2.12. The van der Waals surface area contributed by atoms with Gasteiger partial charge in [-0.05, 0) is 40.5 Å². The topological polar surface area (TPSA) is 81.4 Å². The van der Waals surface area contributed by atoms with Crippen LogP contribution < -0.4 is 10.5 Å². The number of ether oxygens (including phenoxy) is 1. The van der Waals surface area contributed by atoms with Gasteiger partial charge in [-0.3, -0.25) is 0 Å². The van der Waals surface area contributed by atoms with Crippen molar-refractivity contribution in [2.45, 2.75) is 17.4 Å². The maximum absolute atomic E-state index is 12.0. The van der Waals surface area contributed by atoms with Crippen LogP contribution in [0.3, 0.4) is 0 Å². The van der Waals surface area contributed by atoms with Crippen molar-refractivity contribution in [3.63, 3.8) is 0 Å². The van der Waals surface area contributed by atoms with Crippen molar-refractivity contribution in [3.05, 3.63) is 22.7 Å². The minimum absolute atomic E-state index is 0.142. The molecule has 1 heterocycles. The fraction of sp³-hybridized carbons (Fsp3) is 0.400. The highest BCUT2D eigenvalue weighted by Crippen LogP contribution is 2.23. The van der Waals surface area contributed by atoms with E-state index in [0.717, 1.165) is 0 Å². The van der Waals surface area contributed by atoms with Gasteiger partial charge in [-0.25, -0.2) is 13.1 Å². The summed E-state index contributed by atoms with van der Waals surface area (Å²) in [7, 11) is -3.50. The quantitative estimate of drug-likeness (QED) is 0.817. The predicted octanol–water partition coefficient (Wildman–Crippen LogP) is 1.10. The van der Waals surface area contributed by atoms with Crippen LogP contribution in [0.4, 0.5) is 5.69 Å². The minimum Gasteiger partial charge on any atom is -0.398 e. The van der Waals surface area contributed by atoms with Crippen LogP contribution in [0.1, 0.15) is 6.42 Å². The second-order valence-corrected chi connectivity index (χ2v) is 6.43. The Kier molecular flexibility index (Phi) is 3.72. The Hall–Kier alpha value is -0.630. The molecule has 0 bridgehead atoms. The first-order valence-corrected chi connectivity index (χ1v) is 7.42. The molecule has 0 amide bonds. The Labute approximate surface area is 109 Å². The van der Waals surface area contributed by atoms with Gasteiger partial charge in [0.05, 0.1) is 11.5 Å². The summed E-state index contributed by atoms with van der Waals surface area (Å²) in [6, 6.07) is 4.39. The Morgan fingerprint density at radius 3 is 2.82 bits per heavy atom. The lowest BCUT2D eigenvalue weighted by Crippen LogP contribution is -2.35. The van der Waals surface area contributed by atoms with E-state index in [9.17, 15) is 8.42 Å². The first-order chi connectivity index (χ1) is 7.99. The van der Waals surface area contributed by atoms with E-state index in [4.69, 9.17) is 10.5 Å². The van der Waals surface area contributed by atoms with Crippen LogP contribution in [0.15, 0.2) is 27.6 Å². The summed E-state index contributed by atoms with van der Waals surface area (Å²) in [6.45, 7) is 1.02. The Morgan fingerprint density at radius 2 is 2.24 bits per heavy atom. The van der Waals surface area contributed by atoms with Crippen molar-refractivity contribution in [3.8, 4) is 0 Å². The first kappa shape index (κ1) is 12.8. The second-order valence-electron chi connectivity index (χ2n) is 3.87. The van der Waals surface area contributed by atoms with Gasteiger partial charge in [0.1, 0.15) is 0 Å². The van der Waals surface area contributed by atoms with E-state index in [1.165, 1.54) is 12.1 Å². The zero-order valence-corrected chi connectivity index (χ0v) is 11.4. The van der Waals surface area contributed by atoms with Crippen LogP contribution in [-0.2, 0) is 14.8 Å². The summed E-state index contributed by atoms with van der Waals surface area (Å²) in [6.07, 6.45) is 0.704. The van der Waals surface area contributed by atoms with Crippen LogP contribution in [0.2, 0.25) is 0 Å². The summed E-state index contributed by atoms with van der Waals surface area (Å²) in [5, 5.41) is 0. The molecule has 0 saturated carbocycles. The third-order valence-electron chi connectivity index (χ3n) is 2.53. The molecule has 1 aliphatic rings. The second kappa shape index (κ2) is 4.93. The fourth-order valence-electron chi connectivity index (χ4n) is 1.59. The molecule has 1 unspecified atom stereocenters. The van der Waals surface area contributed by atoms with E-state index in [-0.39, 0.29) is 10.9 Å². The molecule has 0 spiro atoms. The van der Waals surface area contributed by atoms with Gasteiger partial charge < -0.3 is 10.5 Å². The third kappa shape index (κ3) is 2.98. The molecule has 17 heavy (non-hydrogen) atoms. The molecule has 1 fully saturated rings. The minimum atomic E-state index is -3.50. The average molecular weight is 321 g/mol. The molecule has 7 heteroatoms. The molecule has 1 aliphatic heterocycles. The summed E-state index contributed by atoms with van der Waals surface area (Å²) in [5.74, 6) is 0. The van der Waals surface area contributed by atoms with Crippen molar-refractivity contribution in [1.29, 1.82) is 0 Å². The first-order valence-electron chi connectivity index (χ1n) is 5.14. The lowest BCUT2D eigenvalue weighted by molar-refractivity contribution is 0.192. The zero-order chi connectivity index (χ0) is 12.5. The maximum atomic E-state index is 12.0. The Bertz CT molecular complexity index is 512. The normalized spacial score (nSPS) is 20.6. The maximum Gasteiger partial charge on any atom is 0.240 e. The number of sulfonamides is 1. The van der Waals surface area contributed by atoms with Crippen molar-refractivity contribution >= 4 is 31.6 Å². The van der Waals surface area contributed by atoms with Crippen LogP contribution in [0.5, 0.6) is 0 Å². The molecule has 5 nitrogen and oxygen atoms in total. The fourth-order valence-corrected chi connectivity index (χ4v) is 3.40. The molecule has 1 atom stereocenters. The smallest absolute Gasteiger partial charge is 0.240 e. The number of nitrogens with one attached hydrogen (secondary N) is 1. The van der Waals surface area contributed by atoms with Gasteiger partial charge >= 0.3 is 0 Å². The summed E-state index contributed by atoms with van der Waals surface area (Å²) in [5.41, 5.74) is 6.12. The highest BCUT2D eigenvalue weighted by molar-refractivity contribution is 9.10. The molecule has 1 aromatic carbocycles. The lowest BCUT2D eigenvalue weighted by atomic mass is 10.3. The van der Waals surface area contributed by atoms with Gasteiger partial charge in [-0.2, -0.15) is 0 Å². The van der Waals surface area contributed by atoms with Gasteiger partial charge in [-0.15, -0.1) is 0 Å². The highest BCUT2D eigenvalue weighted by atomic mass is 79.9. The van der Waals surface area contributed by atoms with E-state index < -0.39 is 10.0 Å². The van der Waals surface area contributed by atoms with Gasteiger partial charge in [0.25, 0.3) is 0 Å². The van der Waals surface area contributed by atoms with E-state index >= 15 is 0 Å². The van der Waals surface area contributed by atoms with Crippen molar-refractivity contribution < 1.29 is 13.2 Å². The van der Waals surface area contributed by atoms with E-state index in [1.807, 2.05) is 0 Å². The molecular formula is C10H13BrN2O3S. The standard InChI is InChI=1S/C10H13BrN2O3S/c11-9-5-8(1-2-10(9)12)17(14,15)13-7-3-4-16-6-7/h1-2,5,7,13H,3-4,6,12H2. The number of hydrogen-bond acceptors (Lipinski definition) is 4. The molecule has 0 aromatic heterocycles. The molecule has 1 saturated heterocycles. The summed E-state index contributed by atoms with van der Waals surface area (Å²) < 4.78 is 32.3. The summed E-state index contributed by atoms with van der Waals surface area (Å²) in [4.78, 5) is 0.200. The monoisotopic (exact) mass is 320 g/mol. The molecule has 94 valence electrons. The number of hydrogen-bond donors (Lipinski definition) is 2. The van der Waals surface area contributed by atoms with Gasteiger partial charge in [0.2, 0.25) is 10.0 Å². The molecule has 0 radical (unpaired) electrons. The van der Waals surface area contributed by atoms with E-state index in [0.29, 0.717) is 29.8 Å². The van der Waals surface area contributed by atoms with Crippen molar-refractivity contribution in [2.75, 3.05) is 18.9 Å². The molecule has 1 aromatic rings. The Morgan fingerprint density at radius 1 is 1.47 bits per heavy atom. The number of nitrogens with two attached hydrogens (primary N) is 1. The van der Waals surface area contributed by atoms with Gasteiger partial charge in [-0.1, -0.05) is 0 Å². The van der Waals surface area contributed by atoms with Crippen molar-refractivity contribution in [1.82, 2.24) is 4.72 Å². The van der Waals surface area contributed by atoms with Crippen molar-refractivity contribution in [2.24, 2.45) is 0 Å². The molecule has 2 rings (SSSR count). The predicted molar refractivity (Wildman–Crippen MR) is 68.1 cm³/mol. The SMILES string of the molecule is Nc1ccc(S(=O)(=O)NC2CCOC2)cc1Br. The zero-order valence-electron chi connectivity index (χ0n) is 9.02. The number of nitrogen functional groups attached to an aromatic ring is 1. The third-order valence-corrected chi connectivity index (χ3v) is 4.74. The number of benzene rings is 1. The summed E-state index contributed by atoms with van der Waals surface area (Å²) >= 11 is 3.21. The van der Waals surface area contributed by atoms with Crippen LogP contribution in [-0.4, -0.2) is 27.7 Å². The van der Waals surface area contributed by atoms with Crippen LogP contribution in [0, 0.1) is 0 Å². The van der Waals surface area contributed by atoms with Gasteiger partial charge in [0.15, 0.2) is 0 Å². The van der Waals surface area contributed by atoms with Gasteiger partial charge in [0, 0.05) is 22.8 Å². The van der Waals surface area contributed by atoms with E-state index in [2.05, 4.69) is 20.7 Å². The largest absolute Gasteiger partial charge is 0.398 e. The van der Waals surface area contributed by atoms with Crippen LogP contribution >= 0.6 is 15.9 Å². The number of rotatable bonds is 3.